The summed E-state index contributed by atoms with van der Waals surface area (Å²) in [6.45, 7) is 2.90. The van der Waals surface area contributed by atoms with Crippen molar-refractivity contribution in [2.75, 3.05) is 13.7 Å². The van der Waals surface area contributed by atoms with E-state index in [1.54, 1.807) is 7.11 Å². The third kappa shape index (κ3) is 1.50. The molecule has 0 aromatic heterocycles. The molecule has 14 heavy (non-hydrogen) atoms. The van der Waals surface area contributed by atoms with Crippen molar-refractivity contribution in [1.82, 2.24) is 0 Å². The number of ether oxygens (including phenoxy) is 2. The minimum atomic E-state index is 0.796. The summed E-state index contributed by atoms with van der Waals surface area (Å²) in [5.41, 5.74) is 2.54. The normalized spacial score (nSPS) is 14.5. The van der Waals surface area contributed by atoms with Crippen molar-refractivity contribution in [2.45, 2.75) is 19.8 Å². The maximum atomic E-state index is 5.64. The molecular formula is C11H13BrO2. The summed E-state index contributed by atoms with van der Waals surface area (Å²) < 4.78 is 12.0. The van der Waals surface area contributed by atoms with Crippen molar-refractivity contribution in [1.29, 1.82) is 0 Å². The Morgan fingerprint density at radius 2 is 2.29 bits per heavy atom. The molecule has 0 bridgehead atoms. The molecule has 1 aromatic carbocycles. The highest BCUT2D eigenvalue weighted by Gasteiger charge is 2.19. The zero-order chi connectivity index (χ0) is 10.1. The van der Waals surface area contributed by atoms with Crippen molar-refractivity contribution in [3.8, 4) is 11.5 Å². The minimum absolute atomic E-state index is 0.796. The molecule has 1 heterocycles. The van der Waals surface area contributed by atoms with Crippen LogP contribution >= 0.6 is 15.9 Å². The second-order valence-electron chi connectivity index (χ2n) is 3.45. The lowest BCUT2D eigenvalue weighted by Gasteiger charge is -2.22. The van der Waals surface area contributed by atoms with Gasteiger partial charge in [0.05, 0.1) is 13.7 Å². The molecule has 3 heteroatoms. The van der Waals surface area contributed by atoms with Crippen molar-refractivity contribution in [3.63, 3.8) is 0 Å². The largest absolute Gasteiger partial charge is 0.493 e. The van der Waals surface area contributed by atoms with Gasteiger partial charge in [0.15, 0.2) is 11.5 Å². The fourth-order valence-electron chi connectivity index (χ4n) is 1.79. The Balaban J connectivity index is 2.60. The van der Waals surface area contributed by atoms with Crippen LogP contribution in [0.4, 0.5) is 0 Å². The summed E-state index contributed by atoms with van der Waals surface area (Å²) >= 11 is 3.53. The Bertz CT molecular complexity index is 361. The van der Waals surface area contributed by atoms with Crippen LogP contribution in [0.25, 0.3) is 0 Å². The molecule has 1 aliphatic rings. The molecule has 1 aliphatic heterocycles. The SMILES string of the molecule is COc1cc(Br)c(C)c2c1OCCC2. The standard InChI is InChI=1S/C11H13BrO2/c1-7-8-4-3-5-14-11(8)10(13-2)6-9(7)12/h6H,3-5H2,1-2H3. The fourth-order valence-corrected chi connectivity index (χ4v) is 2.23. The highest BCUT2D eigenvalue weighted by Crippen LogP contribution is 2.40. The van der Waals surface area contributed by atoms with Crippen LogP contribution in [0.3, 0.4) is 0 Å². The number of halogens is 1. The average Bonchev–Trinajstić information content (AvgIpc) is 2.23. The molecule has 0 fully saturated rings. The second-order valence-corrected chi connectivity index (χ2v) is 4.30. The minimum Gasteiger partial charge on any atom is -0.493 e. The van der Waals surface area contributed by atoms with Gasteiger partial charge in [-0.25, -0.2) is 0 Å². The lowest BCUT2D eigenvalue weighted by molar-refractivity contribution is 0.268. The molecule has 1 aromatic rings. The van der Waals surface area contributed by atoms with Gasteiger partial charge < -0.3 is 9.47 Å². The Morgan fingerprint density at radius 3 is 3.00 bits per heavy atom. The smallest absolute Gasteiger partial charge is 0.164 e. The van der Waals surface area contributed by atoms with Gasteiger partial charge in [0.1, 0.15) is 0 Å². The van der Waals surface area contributed by atoms with Gasteiger partial charge >= 0.3 is 0 Å². The van der Waals surface area contributed by atoms with E-state index in [1.165, 1.54) is 11.1 Å². The summed E-state index contributed by atoms with van der Waals surface area (Å²) in [4.78, 5) is 0. The van der Waals surface area contributed by atoms with Crippen LogP contribution < -0.4 is 9.47 Å². The molecule has 0 aliphatic carbocycles. The number of benzene rings is 1. The Labute approximate surface area is 92.3 Å². The van der Waals surface area contributed by atoms with Crippen LogP contribution in [0.5, 0.6) is 11.5 Å². The first-order chi connectivity index (χ1) is 6.74. The maximum Gasteiger partial charge on any atom is 0.164 e. The second kappa shape index (κ2) is 3.81. The summed E-state index contributed by atoms with van der Waals surface area (Å²) in [5.74, 6) is 1.76. The topological polar surface area (TPSA) is 18.5 Å². The van der Waals surface area contributed by atoms with E-state index in [9.17, 15) is 0 Å². The first-order valence-electron chi connectivity index (χ1n) is 4.73. The molecule has 76 valence electrons. The van der Waals surface area contributed by atoms with Gasteiger partial charge in [-0.15, -0.1) is 0 Å². The third-order valence-electron chi connectivity index (χ3n) is 2.60. The van der Waals surface area contributed by atoms with Crippen LogP contribution in [0.1, 0.15) is 17.5 Å². The van der Waals surface area contributed by atoms with Crippen molar-refractivity contribution >= 4 is 15.9 Å². The molecular weight excluding hydrogens is 244 g/mol. The lowest BCUT2D eigenvalue weighted by Crippen LogP contribution is -2.11. The van der Waals surface area contributed by atoms with Gasteiger partial charge in [-0.2, -0.15) is 0 Å². The molecule has 2 nitrogen and oxygen atoms in total. The summed E-state index contributed by atoms with van der Waals surface area (Å²) in [6, 6.07) is 1.97. The van der Waals surface area contributed by atoms with Crippen LogP contribution in [-0.2, 0) is 6.42 Å². The zero-order valence-electron chi connectivity index (χ0n) is 8.39. The Hall–Kier alpha value is -0.700. The molecule has 0 saturated heterocycles. The number of rotatable bonds is 1. The molecule has 0 saturated carbocycles. The molecule has 0 unspecified atom stereocenters. The molecule has 0 amide bonds. The van der Waals surface area contributed by atoms with Gasteiger partial charge in [0, 0.05) is 10.0 Å². The number of hydrogen-bond acceptors (Lipinski definition) is 2. The van der Waals surface area contributed by atoms with E-state index >= 15 is 0 Å². The number of hydrogen-bond donors (Lipinski definition) is 0. The zero-order valence-corrected chi connectivity index (χ0v) is 9.98. The molecule has 0 spiro atoms. The average molecular weight is 257 g/mol. The number of fused-ring (bicyclic) bond motifs is 1. The van der Waals surface area contributed by atoms with E-state index in [2.05, 4.69) is 22.9 Å². The van der Waals surface area contributed by atoms with E-state index in [0.29, 0.717) is 0 Å². The Kier molecular flexibility index (Phi) is 2.68. The van der Waals surface area contributed by atoms with Crippen LogP contribution in [0.15, 0.2) is 10.5 Å². The van der Waals surface area contributed by atoms with Crippen molar-refractivity contribution in [3.05, 3.63) is 21.7 Å². The molecule has 0 atom stereocenters. The summed E-state index contributed by atoms with van der Waals surface area (Å²) in [7, 11) is 1.68. The predicted octanol–water partition coefficient (Wildman–Crippen LogP) is 3.09. The van der Waals surface area contributed by atoms with E-state index in [0.717, 1.165) is 35.4 Å². The third-order valence-corrected chi connectivity index (χ3v) is 3.43. The van der Waals surface area contributed by atoms with Crippen molar-refractivity contribution < 1.29 is 9.47 Å². The predicted molar refractivity (Wildman–Crippen MR) is 59.2 cm³/mol. The van der Waals surface area contributed by atoms with Gasteiger partial charge in [0.25, 0.3) is 0 Å². The van der Waals surface area contributed by atoms with Gasteiger partial charge in [0.2, 0.25) is 0 Å². The van der Waals surface area contributed by atoms with Gasteiger partial charge in [-0.05, 0) is 31.4 Å². The Morgan fingerprint density at radius 1 is 1.50 bits per heavy atom. The van der Waals surface area contributed by atoms with Crippen LogP contribution in [0.2, 0.25) is 0 Å². The van der Waals surface area contributed by atoms with Gasteiger partial charge in [-0.3, -0.25) is 0 Å². The summed E-state index contributed by atoms with van der Waals surface area (Å²) in [6.07, 6.45) is 2.17. The fraction of sp³-hybridized carbons (Fsp3) is 0.455. The quantitative estimate of drug-likeness (QED) is 0.769. The van der Waals surface area contributed by atoms with Crippen LogP contribution in [0, 0.1) is 6.92 Å². The maximum absolute atomic E-state index is 5.64. The van der Waals surface area contributed by atoms with Gasteiger partial charge in [-0.1, -0.05) is 15.9 Å². The first kappa shape index (κ1) is 9.84. The first-order valence-corrected chi connectivity index (χ1v) is 5.52. The highest BCUT2D eigenvalue weighted by molar-refractivity contribution is 9.10. The van der Waals surface area contributed by atoms with Crippen LogP contribution in [-0.4, -0.2) is 13.7 Å². The summed E-state index contributed by atoms with van der Waals surface area (Å²) in [5, 5.41) is 0. The molecule has 2 rings (SSSR count). The van der Waals surface area contributed by atoms with E-state index in [4.69, 9.17) is 9.47 Å². The molecule has 0 N–H and O–H groups in total. The van der Waals surface area contributed by atoms with E-state index < -0.39 is 0 Å². The van der Waals surface area contributed by atoms with Crippen molar-refractivity contribution in [2.24, 2.45) is 0 Å². The van der Waals surface area contributed by atoms with E-state index in [1.807, 2.05) is 6.07 Å². The monoisotopic (exact) mass is 256 g/mol. The molecule has 0 radical (unpaired) electrons. The lowest BCUT2D eigenvalue weighted by atomic mass is 10.0. The highest BCUT2D eigenvalue weighted by atomic mass is 79.9. The number of methoxy groups -OCH3 is 1. The van der Waals surface area contributed by atoms with E-state index in [-0.39, 0.29) is 0 Å².